The molecule has 0 fully saturated rings. The Balaban J connectivity index is 1.58. The zero-order chi connectivity index (χ0) is 19.5. The first-order valence-corrected chi connectivity index (χ1v) is 9.03. The number of aryl methyl sites for hydroxylation is 1. The lowest BCUT2D eigenvalue weighted by Gasteiger charge is -2.05. The van der Waals surface area contributed by atoms with Gasteiger partial charge in [-0.1, -0.05) is 42.5 Å². The summed E-state index contributed by atoms with van der Waals surface area (Å²) in [5.74, 6) is 1.66. The predicted octanol–water partition coefficient (Wildman–Crippen LogP) is 2.94. The molecule has 0 atom stereocenters. The first-order chi connectivity index (χ1) is 13.6. The molecule has 2 heterocycles. The maximum atomic E-state index is 12.9. The zero-order valence-corrected chi connectivity index (χ0v) is 15.8. The maximum absolute atomic E-state index is 12.9. The minimum absolute atomic E-state index is 0.128. The molecule has 0 saturated heterocycles. The fourth-order valence-corrected chi connectivity index (χ4v) is 3.07. The summed E-state index contributed by atoms with van der Waals surface area (Å²) >= 11 is 0. The molecule has 0 aliphatic carbocycles. The molecule has 7 nitrogen and oxygen atoms in total. The average molecular weight is 375 g/mol. The van der Waals surface area contributed by atoms with E-state index in [1.54, 1.807) is 7.11 Å². The van der Waals surface area contributed by atoms with Gasteiger partial charge in [0.05, 0.1) is 12.8 Å². The summed E-state index contributed by atoms with van der Waals surface area (Å²) in [6.07, 6.45) is 0.537. The monoisotopic (exact) mass is 375 g/mol. The van der Waals surface area contributed by atoms with Gasteiger partial charge < -0.3 is 10.1 Å². The second kappa shape index (κ2) is 7.56. The molecule has 0 aliphatic rings. The summed E-state index contributed by atoms with van der Waals surface area (Å²) < 4.78 is 6.56. The van der Waals surface area contributed by atoms with Gasteiger partial charge in [0, 0.05) is 18.5 Å². The van der Waals surface area contributed by atoms with Gasteiger partial charge in [0.1, 0.15) is 5.75 Å². The van der Waals surface area contributed by atoms with E-state index in [0.717, 1.165) is 16.9 Å². The van der Waals surface area contributed by atoms with Crippen LogP contribution in [0.2, 0.25) is 0 Å². The third-order valence-electron chi connectivity index (χ3n) is 4.64. The van der Waals surface area contributed by atoms with E-state index in [4.69, 9.17) is 4.74 Å². The van der Waals surface area contributed by atoms with Gasteiger partial charge in [-0.15, -0.1) is 0 Å². The molecule has 28 heavy (non-hydrogen) atoms. The van der Waals surface area contributed by atoms with Crippen LogP contribution in [0.1, 0.15) is 22.4 Å². The van der Waals surface area contributed by atoms with Gasteiger partial charge in [0.15, 0.2) is 0 Å². The Bertz CT molecular complexity index is 1150. The van der Waals surface area contributed by atoms with E-state index in [0.29, 0.717) is 35.9 Å². The predicted molar refractivity (Wildman–Crippen MR) is 108 cm³/mol. The largest absolute Gasteiger partial charge is 0.497 e. The number of methoxy groups -OCH3 is 1. The number of fused-ring (bicyclic) bond motifs is 1. The van der Waals surface area contributed by atoms with Crippen molar-refractivity contribution in [3.05, 3.63) is 87.3 Å². The van der Waals surface area contributed by atoms with Crippen molar-refractivity contribution >= 4 is 11.7 Å². The summed E-state index contributed by atoms with van der Waals surface area (Å²) in [7, 11) is 1.64. The summed E-state index contributed by atoms with van der Waals surface area (Å²) in [6, 6.07) is 17.6. The normalized spacial score (nSPS) is 10.9. The van der Waals surface area contributed by atoms with Gasteiger partial charge in [-0.2, -0.15) is 9.50 Å². The second-order valence-electron chi connectivity index (χ2n) is 6.55. The molecule has 2 N–H and O–H groups in total. The number of hydrogen-bond donors (Lipinski definition) is 2. The Hall–Kier alpha value is -3.61. The lowest BCUT2D eigenvalue weighted by atomic mass is 10.1. The Labute approximate surface area is 162 Å². The van der Waals surface area contributed by atoms with Crippen molar-refractivity contribution in [1.82, 2.24) is 19.6 Å². The minimum Gasteiger partial charge on any atom is -0.497 e. The summed E-state index contributed by atoms with van der Waals surface area (Å²) in [5, 5.41) is 6.20. The lowest BCUT2D eigenvalue weighted by molar-refractivity contribution is 0.414. The lowest BCUT2D eigenvalue weighted by Crippen LogP contribution is -2.22. The van der Waals surface area contributed by atoms with Crippen molar-refractivity contribution in [2.75, 3.05) is 12.4 Å². The number of H-pyrrole nitrogens is 1. The van der Waals surface area contributed by atoms with E-state index in [9.17, 15) is 4.79 Å². The van der Waals surface area contributed by atoms with Crippen LogP contribution in [-0.2, 0) is 13.0 Å². The zero-order valence-electron chi connectivity index (χ0n) is 15.8. The number of anilines is 1. The molecule has 2 aromatic heterocycles. The topological polar surface area (TPSA) is 84.3 Å². The quantitative estimate of drug-likeness (QED) is 0.541. The van der Waals surface area contributed by atoms with Crippen LogP contribution in [0.3, 0.4) is 0 Å². The van der Waals surface area contributed by atoms with E-state index in [1.165, 1.54) is 4.52 Å². The SMILES string of the molecule is COc1ccc(CNc2nc3nc(C)c(Cc4ccccc4)c(=O)n3[nH]2)cc1. The second-order valence-corrected chi connectivity index (χ2v) is 6.55. The molecule has 0 spiro atoms. The number of hydrogen-bond acceptors (Lipinski definition) is 5. The molecule has 4 rings (SSSR count). The smallest absolute Gasteiger partial charge is 0.277 e. The molecule has 4 aromatic rings. The first-order valence-electron chi connectivity index (χ1n) is 9.03. The van der Waals surface area contributed by atoms with Gasteiger partial charge in [0.25, 0.3) is 11.3 Å². The van der Waals surface area contributed by atoms with E-state index < -0.39 is 0 Å². The van der Waals surface area contributed by atoms with Crippen molar-refractivity contribution in [2.45, 2.75) is 19.9 Å². The Morgan fingerprint density at radius 3 is 2.50 bits per heavy atom. The fourth-order valence-electron chi connectivity index (χ4n) is 3.07. The van der Waals surface area contributed by atoms with E-state index in [1.807, 2.05) is 61.5 Å². The van der Waals surface area contributed by atoms with Gasteiger partial charge in [-0.05, 0) is 30.2 Å². The van der Waals surface area contributed by atoms with Gasteiger partial charge in [-0.3, -0.25) is 9.89 Å². The van der Waals surface area contributed by atoms with Gasteiger partial charge >= 0.3 is 0 Å². The molecule has 0 saturated carbocycles. The van der Waals surface area contributed by atoms with Crippen LogP contribution in [-0.4, -0.2) is 26.7 Å². The van der Waals surface area contributed by atoms with Gasteiger partial charge in [0.2, 0.25) is 5.95 Å². The van der Waals surface area contributed by atoms with Crippen molar-refractivity contribution in [3.8, 4) is 5.75 Å². The molecule has 0 aliphatic heterocycles. The van der Waals surface area contributed by atoms with E-state index in [2.05, 4.69) is 20.4 Å². The van der Waals surface area contributed by atoms with Crippen molar-refractivity contribution in [2.24, 2.45) is 0 Å². The maximum Gasteiger partial charge on any atom is 0.277 e. The number of ether oxygens (including phenoxy) is 1. The van der Waals surface area contributed by atoms with E-state index in [-0.39, 0.29) is 5.56 Å². The highest BCUT2D eigenvalue weighted by Crippen LogP contribution is 2.13. The van der Waals surface area contributed by atoms with Gasteiger partial charge in [-0.25, -0.2) is 4.98 Å². The number of nitrogens with one attached hydrogen (secondary N) is 2. The third-order valence-corrected chi connectivity index (χ3v) is 4.64. The molecule has 142 valence electrons. The molecule has 0 radical (unpaired) electrons. The molecule has 0 bridgehead atoms. The van der Waals surface area contributed by atoms with Crippen molar-refractivity contribution in [1.29, 1.82) is 0 Å². The Morgan fingerprint density at radius 1 is 1.04 bits per heavy atom. The van der Waals surface area contributed by atoms with Crippen LogP contribution in [0.15, 0.2) is 59.4 Å². The van der Waals surface area contributed by atoms with Crippen molar-refractivity contribution in [3.63, 3.8) is 0 Å². The molecular weight excluding hydrogens is 354 g/mol. The highest BCUT2D eigenvalue weighted by Gasteiger charge is 2.13. The summed E-state index contributed by atoms with van der Waals surface area (Å²) in [6.45, 7) is 2.41. The summed E-state index contributed by atoms with van der Waals surface area (Å²) in [5.41, 5.74) is 3.37. The fraction of sp³-hybridized carbons (Fsp3) is 0.190. The van der Waals surface area contributed by atoms with Crippen LogP contribution in [0, 0.1) is 6.92 Å². The average Bonchev–Trinajstić information content (AvgIpc) is 3.14. The van der Waals surface area contributed by atoms with Crippen molar-refractivity contribution < 1.29 is 4.74 Å². The Morgan fingerprint density at radius 2 is 1.79 bits per heavy atom. The Kier molecular flexibility index (Phi) is 4.80. The van der Waals surface area contributed by atoms with Crippen LogP contribution >= 0.6 is 0 Å². The standard InChI is InChI=1S/C21H21N5O2/c1-14-18(12-15-6-4-3-5-7-15)19(27)26-21(23-14)24-20(25-26)22-13-16-8-10-17(28-2)11-9-16/h3-11H,12-13H2,1-2H3,(H2,22,23,24,25). The van der Waals surface area contributed by atoms with E-state index >= 15 is 0 Å². The molecular formula is C21H21N5O2. The molecule has 7 heteroatoms. The third kappa shape index (κ3) is 3.59. The number of benzene rings is 2. The van der Waals surface area contributed by atoms with Crippen LogP contribution in [0.25, 0.3) is 5.78 Å². The van der Waals surface area contributed by atoms with Crippen LogP contribution in [0.4, 0.5) is 5.95 Å². The number of rotatable bonds is 6. The minimum atomic E-state index is -0.128. The molecule has 0 unspecified atom stereocenters. The molecule has 2 aromatic carbocycles. The number of aromatic nitrogens is 4. The molecule has 0 amide bonds. The first kappa shape index (κ1) is 17.8. The highest BCUT2D eigenvalue weighted by molar-refractivity contribution is 5.41. The highest BCUT2D eigenvalue weighted by atomic mass is 16.5. The van der Waals surface area contributed by atoms with Crippen LogP contribution < -0.4 is 15.6 Å². The summed E-state index contributed by atoms with van der Waals surface area (Å²) in [4.78, 5) is 21.8. The van der Waals surface area contributed by atoms with Crippen LogP contribution in [0.5, 0.6) is 5.75 Å². The number of aromatic amines is 1. The number of nitrogens with zero attached hydrogens (tertiary/aromatic N) is 3.